The molecule has 0 bridgehead atoms. The van der Waals surface area contributed by atoms with Gasteiger partial charge in [-0.1, -0.05) is 29.4 Å². The van der Waals surface area contributed by atoms with Crippen LogP contribution >= 0.6 is 0 Å². The average Bonchev–Trinajstić information content (AvgIpc) is 3.10. The fourth-order valence-corrected chi connectivity index (χ4v) is 4.99. The zero-order valence-corrected chi connectivity index (χ0v) is 17.3. The van der Waals surface area contributed by atoms with E-state index in [2.05, 4.69) is 5.16 Å². The van der Waals surface area contributed by atoms with Gasteiger partial charge in [0, 0.05) is 12.6 Å². The Hall–Kier alpha value is -2.61. The smallest absolute Gasteiger partial charge is 0.596 e. The Kier molecular flexibility index (Phi) is 3.52. The molecule has 1 aromatic carbocycles. The van der Waals surface area contributed by atoms with Gasteiger partial charge in [0.1, 0.15) is 5.76 Å². The van der Waals surface area contributed by atoms with E-state index in [4.69, 9.17) is 13.8 Å². The Morgan fingerprint density at radius 1 is 1.00 bits per heavy atom. The standard InChI is InChI=1S/C20H25BN2O5/c1-12-16(13(2)28-22-12)14-9-8-10-15(11-14)21-23(7,19(3,4)17(24)26-21)20(5,6)18(25)27-21/h8-11H,1-7H3. The number of carbonyl (C=O) groups is 2. The van der Waals surface area contributed by atoms with Gasteiger partial charge in [0.05, 0.1) is 5.69 Å². The minimum absolute atomic E-state index is 0.0305. The molecule has 0 unspecified atom stereocenters. The van der Waals surface area contributed by atoms with Gasteiger partial charge in [0.15, 0.2) is 11.1 Å². The molecule has 2 saturated heterocycles. The zero-order chi connectivity index (χ0) is 20.7. The lowest BCUT2D eigenvalue weighted by Crippen LogP contribution is -2.77. The third-order valence-electron chi connectivity index (χ3n) is 7.16. The monoisotopic (exact) mass is 384 g/mol. The van der Waals surface area contributed by atoms with Crippen LogP contribution < -0.4 is 5.46 Å². The van der Waals surface area contributed by atoms with E-state index in [1.807, 2.05) is 45.2 Å². The predicted octanol–water partition coefficient (Wildman–Crippen LogP) is 2.22. The van der Waals surface area contributed by atoms with Crippen LogP contribution in [0.25, 0.3) is 11.1 Å². The maximum Gasteiger partial charge on any atom is 0.615 e. The first kappa shape index (κ1) is 18.7. The summed E-state index contributed by atoms with van der Waals surface area (Å²) in [5.74, 6) is -0.0546. The second-order valence-electron chi connectivity index (χ2n) is 9.00. The van der Waals surface area contributed by atoms with Gasteiger partial charge in [-0.2, -0.15) is 0 Å². The molecule has 28 heavy (non-hydrogen) atoms. The number of fused-ring (bicyclic) bond motifs is 1. The Morgan fingerprint density at radius 3 is 2.07 bits per heavy atom. The summed E-state index contributed by atoms with van der Waals surface area (Å²) in [5, 5.41) is 4.02. The third kappa shape index (κ3) is 1.86. The van der Waals surface area contributed by atoms with Gasteiger partial charge in [-0.3, -0.25) is 0 Å². The zero-order valence-electron chi connectivity index (χ0n) is 17.3. The van der Waals surface area contributed by atoms with Crippen molar-refractivity contribution in [2.45, 2.75) is 52.6 Å². The lowest BCUT2D eigenvalue weighted by atomic mass is 9.57. The highest BCUT2D eigenvalue weighted by Crippen LogP contribution is 2.51. The van der Waals surface area contributed by atoms with Crippen molar-refractivity contribution in [3.05, 3.63) is 35.7 Å². The maximum absolute atomic E-state index is 12.9. The van der Waals surface area contributed by atoms with Crippen LogP contribution in [0.1, 0.15) is 39.1 Å². The Labute approximate surface area is 164 Å². The first-order valence-electron chi connectivity index (χ1n) is 9.41. The summed E-state index contributed by atoms with van der Waals surface area (Å²) in [7, 11) is 1.87. The molecule has 2 aliphatic heterocycles. The molecule has 2 aromatic rings. The third-order valence-corrected chi connectivity index (χ3v) is 7.16. The Morgan fingerprint density at radius 2 is 1.57 bits per heavy atom. The fourth-order valence-electron chi connectivity index (χ4n) is 4.99. The minimum Gasteiger partial charge on any atom is -0.596 e. The summed E-state index contributed by atoms with van der Waals surface area (Å²) >= 11 is 0. The topological polar surface area (TPSA) is 78.6 Å². The normalized spacial score (nSPS) is 30.1. The predicted molar refractivity (Wildman–Crippen MR) is 103 cm³/mol. The highest BCUT2D eigenvalue weighted by molar-refractivity contribution is 6.79. The van der Waals surface area contributed by atoms with E-state index < -0.39 is 17.8 Å². The second kappa shape index (κ2) is 5.26. The number of benzene rings is 1. The van der Waals surface area contributed by atoms with E-state index in [-0.39, 0.29) is 16.3 Å². The van der Waals surface area contributed by atoms with Crippen LogP contribution in [0.3, 0.4) is 0 Å². The van der Waals surface area contributed by atoms with Crippen LogP contribution in [0.2, 0.25) is 0 Å². The summed E-state index contributed by atoms with van der Waals surface area (Å²) in [6, 6.07) is 7.57. The van der Waals surface area contributed by atoms with Crippen molar-refractivity contribution in [2.24, 2.45) is 0 Å². The number of hydrogen-bond donors (Lipinski definition) is 0. The van der Waals surface area contributed by atoms with Gasteiger partial charge in [0.2, 0.25) is 0 Å². The van der Waals surface area contributed by atoms with Gasteiger partial charge < -0.3 is 18.2 Å². The van der Waals surface area contributed by atoms with Gasteiger partial charge in [-0.05, 0) is 52.6 Å². The molecule has 0 spiro atoms. The van der Waals surface area contributed by atoms with Crippen LogP contribution in [0.15, 0.2) is 28.8 Å². The molecular weight excluding hydrogens is 359 g/mol. The highest BCUT2D eigenvalue weighted by Gasteiger charge is 2.80. The maximum atomic E-state index is 12.9. The number of quaternary nitrogens is 1. The summed E-state index contributed by atoms with van der Waals surface area (Å²) in [6.45, 7) is 8.53. The minimum atomic E-state index is -2.42. The molecule has 0 N–H and O–H groups in total. The molecule has 2 fully saturated rings. The van der Waals surface area contributed by atoms with Gasteiger partial charge in [0.25, 0.3) is 0 Å². The van der Waals surface area contributed by atoms with E-state index in [1.165, 1.54) is 0 Å². The lowest BCUT2D eigenvalue weighted by Gasteiger charge is -2.54. The van der Waals surface area contributed by atoms with Crippen molar-refractivity contribution < 1.29 is 27.8 Å². The van der Waals surface area contributed by atoms with Gasteiger partial charge in [-0.25, -0.2) is 9.59 Å². The van der Waals surface area contributed by atoms with E-state index in [1.54, 1.807) is 27.7 Å². The SMILES string of the molecule is Cc1noc(C)c1-c1cccc([B-]23OC(=O)C(C)(C)[N+]2(C)C(C)(C)C(=O)O3)c1. The number of hydrogen-bond acceptors (Lipinski definition) is 6. The summed E-state index contributed by atoms with van der Waals surface area (Å²) in [5.41, 5.74) is 1.29. The van der Waals surface area contributed by atoms with Crippen molar-refractivity contribution in [3.63, 3.8) is 0 Å². The number of nitrogens with zero attached hydrogens (tertiary/aromatic N) is 2. The van der Waals surface area contributed by atoms with E-state index in [9.17, 15) is 9.59 Å². The number of aryl methyl sites for hydroxylation is 2. The Bertz CT molecular complexity index is 974. The van der Waals surface area contributed by atoms with Crippen LogP contribution in [0.4, 0.5) is 0 Å². The number of carbonyl (C=O) groups excluding carboxylic acids is 2. The van der Waals surface area contributed by atoms with E-state index in [0.717, 1.165) is 16.8 Å². The van der Waals surface area contributed by atoms with Crippen LogP contribution in [0.5, 0.6) is 0 Å². The largest absolute Gasteiger partial charge is 0.615 e. The van der Waals surface area contributed by atoms with Crippen LogP contribution in [0, 0.1) is 13.8 Å². The summed E-state index contributed by atoms with van der Waals surface area (Å²) in [6.07, 6.45) is 0. The second-order valence-corrected chi connectivity index (χ2v) is 9.00. The molecule has 0 atom stereocenters. The lowest BCUT2D eigenvalue weighted by molar-refractivity contribution is -0.885. The molecule has 0 radical (unpaired) electrons. The molecule has 148 valence electrons. The Balaban J connectivity index is 1.97. The molecule has 1 aromatic heterocycles. The molecule has 0 saturated carbocycles. The van der Waals surface area contributed by atoms with Crippen molar-refractivity contribution in [1.29, 1.82) is 0 Å². The molecule has 4 rings (SSSR count). The molecule has 0 amide bonds. The van der Waals surface area contributed by atoms with Crippen molar-refractivity contribution >= 4 is 24.1 Å². The summed E-state index contributed by atoms with van der Waals surface area (Å²) in [4.78, 5) is 25.7. The van der Waals surface area contributed by atoms with Crippen LogP contribution in [-0.2, 0) is 18.9 Å². The molecule has 7 nitrogen and oxygen atoms in total. The van der Waals surface area contributed by atoms with Crippen molar-refractivity contribution in [2.75, 3.05) is 7.05 Å². The van der Waals surface area contributed by atoms with Crippen molar-refractivity contribution in [3.8, 4) is 11.1 Å². The van der Waals surface area contributed by atoms with Gasteiger partial charge in [-0.15, -0.1) is 0 Å². The first-order chi connectivity index (χ1) is 12.9. The van der Waals surface area contributed by atoms with E-state index >= 15 is 0 Å². The van der Waals surface area contributed by atoms with Crippen LogP contribution in [-0.4, -0.2) is 46.3 Å². The first-order valence-corrected chi connectivity index (χ1v) is 9.41. The van der Waals surface area contributed by atoms with Gasteiger partial charge >= 0.3 is 18.6 Å². The van der Waals surface area contributed by atoms with E-state index in [0.29, 0.717) is 11.2 Å². The molecule has 2 aliphatic rings. The molecule has 8 heteroatoms. The number of likely N-dealkylation sites (N-methyl/N-ethyl adjacent to an activating group) is 1. The quantitative estimate of drug-likeness (QED) is 0.739. The molecule has 0 aliphatic carbocycles. The molecule has 3 heterocycles. The number of aromatic nitrogens is 1. The number of rotatable bonds is 2. The summed E-state index contributed by atoms with van der Waals surface area (Å²) < 4.78 is 17.2. The average molecular weight is 384 g/mol. The fraction of sp³-hybridized carbons (Fsp3) is 0.450. The molecular formula is C20H25BN2O5. The highest BCUT2D eigenvalue weighted by atomic mass is 16.7. The van der Waals surface area contributed by atoms with Crippen molar-refractivity contribution in [1.82, 2.24) is 5.16 Å².